The average molecular weight is 526 g/mol. The van der Waals surface area contributed by atoms with E-state index in [4.69, 9.17) is 9.72 Å². The van der Waals surface area contributed by atoms with E-state index in [0.29, 0.717) is 35.0 Å². The Hall–Kier alpha value is -3.05. The van der Waals surface area contributed by atoms with Gasteiger partial charge in [-0.05, 0) is 47.8 Å². The van der Waals surface area contributed by atoms with E-state index in [2.05, 4.69) is 4.90 Å². The van der Waals surface area contributed by atoms with Crippen LogP contribution in [0.2, 0.25) is 0 Å². The molecule has 180 valence electrons. The van der Waals surface area contributed by atoms with Gasteiger partial charge in [-0.25, -0.2) is 13.4 Å². The van der Waals surface area contributed by atoms with Crippen LogP contribution in [0.3, 0.4) is 0 Å². The molecule has 10 heteroatoms. The fourth-order valence-corrected chi connectivity index (χ4v) is 6.85. The Bertz CT molecular complexity index is 1410. The molecule has 0 unspecified atom stereocenters. The van der Waals surface area contributed by atoms with Crippen molar-refractivity contribution in [2.24, 2.45) is 0 Å². The molecule has 0 aliphatic carbocycles. The van der Waals surface area contributed by atoms with Crippen molar-refractivity contribution in [3.8, 4) is 10.6 Å². The molecule has 1 fully saturated rings. The summed E-state index contributed by atoms with van der Waals surface area (Å²) >= 11 is 2.90. The van der Waals surface area contributed by atoms with Crippen LogP contribution in [-0.4, -0.2) is 52.5 Å². The summed E-state index contributed by atoms with van der Waals surface area (Å²) in [6.07, 6.45) is 0. The zero-order chi connectivity index (χ0) is 24.4. The molecule has 5 rings (SSSR count). The van der Waals surface area contributed by atoms with E-state index in [9.17, 15) is 13.2 Å². The molecule has 0 spiro atoms. The number of ketones is 1. The van der Waals surface area contributed by atoms with Gasteiger partial charge in [-0.3, -0.25) is 9.10 Å². The number of carbonyl (C=O) groups excluding carboxylic acids is 1. The molecular weight excluding hydrogens is 502 g/mol. The van der Waals surface area contributed by atoms with Gasteiger partial charge in [-0.2, -0.15) is 0 Å². The van der Waals surface area contributed by atoms with Crippen LogP contribution < -0.4 is 9.21 Å². The minimum atomic E-state index is -3.76. The van der Waals surface area contributed by atoms with E-state index in [1.807, 2.05) is 23.6 Å². The van der Waals surface area contributed by atoms with Gasteiger partial charge < -0.3 is 9.64 Å². The molecule has 0 N–H and O–H groups in total. The molecule has 35 heavy (non-hydrogen) atoms. The van der Waals surface area contributed by atoms with Crippen molar-refractivity contribution >= 4 is 49.3 Å². The van der Waals surface area contributed by atoms with Crippen LogP contribution in [0.5, 0.6) is 0 Å². The Morgan fingerprint density at radius 1 is 1.00 bits per heavy atom. The first-order valence-corrected chi connectivity index (χ1v) is 14.1. The lowest BCUT2D eigenvalue weighted by molar-refractivity contribution is 0.104. The first kappa shape index (κ1) is 23.7. The number of ether oxygens (including phenoxy) is 1. The SMILES string of the molecule is CN(c1ccccc1)S(=O)(=O)c1ccc(C(=O)c2sc(N3CCOCC3)nc2-c2cccs2)cc1. The lowest BCUT2D eigenvalue weighted by Gasteiger charge is -2.26. The Labute approximate surface area is 212 Å². The third-order valence-corrected chi connectivity index (χ3v) is 9.54. The summed E-state index contributed by atoms with van der Waals surface area (Å²) in [4.78, 5) is 22.1. The van der Waals surface area contributed by atoms with Crippen LogP contribution in [0.25, 0.3) is 10.6 Å². The first-order valence-electron chi connectivity index (χ1n) is 11.0. The molecule has 2 aromatic heterocycles. The minimum absolute atomic E-state index is 0.122. The second-order valence-corrected chi connectivity index (χ2v) is 11.8. The standard InChI is InChI=1S/C25H23N3O4S3/c1-27(19-6-3-2-4-7-19)35(30,31)20-11-9-18(10-12-20)23(29)24-22(21-8-5-17-33-21)26-25(34-24)28-13-15-32-16-14-28/h2-12,17H,13-16H2,1H3. The van der Waals surface area contributed by atoms with Gasteiger partial charge in [-0.1, -0.05) is 35.6 Å². The number of aromatic nitrogens is 1. The molecule has 4 aromatic rings. The van der Waals surface area contributed by atoms with Crippen LogP contribution in [0.15, 0.2) is 77.0 Å². The predicted octanol–water partition coefficient (Wildman–Crippen LogP) is 4.76. The molecular formula is C25H23N3O4S3. The molecule has 1 aliphatic heterocycles. The molecule has 1 saturated heterocycles. The fraction of sp³-hybridized carbons (Fsp3) is 0.200. The van der Waals surface area contributed by atoms with E-state index in [1.54, 1.807) is 36.4 Å². The van der Waals surface area contributed by atoms with Crippen molar-refractivity contribution in [3.63, 3.8) is 0 Å². The monoisotopic (exact) mass is 525 g/mol. The third-order valence-electron chi connectivity index (χ3n) is 5.75. The molecule has 2 aromatic carbocycles. The van der Waals surface area contributed by atoms with Crippen molar-refractivity contribution in [1.29, 1.82) is 0 Å². The van der Waals surface area contributed by atoms with Crippen molar-refractivity contribution in [2.45, 2.75) is 4.90 Å². The van der Waals surface area contributed by atoms with Crippen molar-refractivity contribution < 1.29 is 17.9 Å². The van der Waals surface area contributed by atoms with Gasteiger partial charge >= 0.3 is 0 Å². The maximum absolute atomic E-state index is 13.5. The van der Waals surface area contributed by atoms with Gasteiger partial charge in [-0.15, -0.1) is 11.3 Å². The molecule has 0 radical (unpaired) electrons. The Balaban J connectivity index is 1.45. The maximum Gasteiger partial charge on any atom is 0.264 e. The van der Waals surface area contributed by atoms with E-state index < -0.39 is 10.0 Å². The summed E-state index contributed by atoms with van der Waals surface area (Å²) in [5.74, 6) is -0.175. The van der Waals surface area contributed by atoms with Crippen LogP contribution in [0.4, 0.5) is 10.8 Å². The van der Waals surface area contributed by atoms with Gasteiger partial charge in [0.1, 0.15) is 10.6 Å². The topological polar surface area (TPSA) is 79.8 Å². The lowest BCUT2D eigenvalue weighted by Crippen LogP contribution is -2.36. The van der Waals surface area contributed by atoms with Crippen molar-refractivity contribution in [1.82, 2.24) is 4.98 Å². The average Bonchev–Trinajstić information content (AvgIpc) is 3.59. The van der Waals surface area contributed by atoms with E-state index in [0.717, 1.165) is 23.1 Å². The first-order chi connectivity index (χ1) is 16.9. The smallest absolute Gasteiger partial charge is 0.264 e. The number of hydrogen-bond donors (Lipinski definition) is 0. The maximum atomic E-state index is 13.5. The summed E-state index contributed by atoms with van der Waals surface area (Å²) in [5.41, 5.74) is 1.65. The fourth-order valence-electron chi connectivity index (χ4n) is 3.78. The van der Waals surface area contributed by atoms with Gasteiger partial charge in [0, 0.05) is 25.7 Å². The summed E-state index contributed by atoms with van der Waals surface area (Å²) in [7, 11) is -2.24. The van der Waals surface area contributed by atoms with Crippen LogP contribution in [0, 0.1) is 0 Å². The summed E-state index contributed by atoms with van der Waals surface area (Å²) in [6.45, 7) is 2.72. The summed E-state index contributed by atoms with van der Waals surface area (Å²) < 4.78 is 32.9. The van der Waals surface area contributed by atoms with E-state index >= 15 is 0 Å². The van der Waals surface area contributed by atoms with Crippen LogP contribution in [-0.2, 0) is 14.8 Å². The van der Waals surface area contributed by atoms with Crippen molar-refractivity contribution in [3.05, 3.63) is 82.6 Å². The highest BCUT2D eigenvalue weighted by Crippen LogP contribution is 2.37. The summed E-state index contributed by atoms with van der Waals surface area (Å²) in [6, 6.07) is 18.9. The summed E-state index contributed by atoms with van der Waals surface area (Å²) in [5, 5.41) is 2.75. The number of benzene rings is 2. The number of sulfonamides is 1. The van der Waals surface area contributed by atoms with Gasteiger partial charge in [0.05, 0.1) is 28.7 Å². The number of morpholine rings is 1. The predicted molar refractivity (Wildman–Crippen MR) is 140 cm³/mol. The van der Waals surface area contributed by atoms with Gasteiger partial charge in [0.15, 0.2) is 5.13 Å². The van der Waals surface area contributed by atoms with Crippen LogP contribution >= 0.6 is 22.7 Å². The number of hydrogen-bond acceptors (Lipinski definition) is 8. The number of thiophene rings is 1. The number of carbonyl (C=O) groups is 1. The normalized spacial score (nSPS) is 14.1. The lowest BCUT2D eigenvalue weighted by atomic mass is 10.1. The second kappa shape index (κ2) is 9.90. The molecule has 0 atom stereocenters. The molecule has 1 aliphatic rings. The third kappa shape index (κ3) is 4.74. The van der Waals surface area contributed by atoms with Crippen LogP contribution in [0.1, 0.15) is 15.2 Å². The molecule has 0 bridgehead atoms. The quantitative estimate of drug-likeness (QED) is 0.324. The highest BCUT2D eigenvalue weighted by molar-refractivity contribution is 7.92. The number of nitrogens with zero attached hydrogens (tertiary/aromatic N) is 3. The molecule has 0 saturated carbocycles. The highest BCUT2D eigenvalue weighted by Gasteiger charge is 2.26. The van der Waals surface area contributed by atoms with Gasteiger partial charge in [0.2, 0.25) is 5.78 Å². The molecule has 7 nitrogen and oxygen atoms in total. The zero-order valence-electron chi connectivity index (χ0n) is 19.0. The molecule has 3 heterocycles. The van der Waals surface area contributed by atoms with Crippen molar-refractivity contribution in [2.75, 3.05) is 42.6 Å². The zero-order valence-corrected chi connectivity index (χ0v) is 21.4. The highest BCUT2D eigenvalue weighted by atomic mass is 32.2. The van der Waals surface area contributed by atoms with Gasteiger partial charge in [0.25, 0.3) is 10.0 Å². The largest absolute Gasteiger partial charge is 0.378 e. The second-order valence-electron chi connectivity index (χ2n) is 7.91. The molecule has 0 amide bonds. The number of thiazole rings is 1. The Morgan fingerprint density at radius 2 is 1.71 bits per heavy atom. The van der Waals surface area contributed by atoms with E-state index in [1.165, 1.54) is 46.2 Å². The number of para-hydroxylation sites is 1. The number of anilines is 2. The minimum Gasteiger partial charge on any atom is -0.378 e. The van der Waals surface area contributed by atoms with E-state index in [-0.39, 0.29) is 10.7 Å². The number of rotatable bonds is 7. The Morgan fingerprint density at radius 3 is 2.37 bits per heavy atom. The Kier molecular flexibility index (Phi) is 6.70.